The molecule has 14 heavy (non-hydrogen) atoms. The molecule has 1 aromatic carbocycles. The molecule has 1 nitrogen and oxygen atoms in total. The lowest BCUT2D eigenvalue weighted by molar-refractivity contribution is 0.312. The van der Waals surface area contributed by atoms with Crippen LogP contribution in [0.1, 0.15) is 12.8 Å². The molecule has 0 amide bonds. The number of rotatable bonds is 4. The van der Waals surface area contributed by atoms with E-state index >= 15 is 0 Å². The van der Waals surface area contributed by atoms with Gasteiger partial charge in [0.25, 0.3) is 0 Å². The minimum Gasteiger partial charge on any atom is -0.494 e. The normalized spacial score (nSPS) is 9.50. The Bertz CT molecular complexity index is 344. The molecule has 0 heterocycles. The third-order valence-electron chi connectivity index (χ3n) is 1.63. The second-order valence-corrected chi connectivity index (χ2v) is 3.14. The largest absolute Gasteiger partial charge is 0.494 e. The second kappa shape index (κ2) is 5.51. The molecule has 0 aromatic heterocycles. The summed E-state index contributed by atoms with van der Waals surface area (Å²) < 4.78 is 18.0. The first-order chi connectivity index (χ1) is 6.74. The zero-order chi connectivity index (χ0) is 10.4. The minimum atomic E-state index is -0.442. The third-order valence-corrected chi connectivity index (χ3v) is 1.91. The molecule has 1 aromatic rings. The monoisotopic (exact) mass is 212 g/mol. The SMILES string of the molecule is C#CCCCOc1ccc(F)c(Cl)c1. The van der Waals surface area contributed by atoms with Gasteiger partial charge in [-0.15, -0.1) is 12.3 Å². The first-order valence-electron chi connectivity index (χ1n) is 4.25. The van der Waals surface area contributed by atoms with E-state index in [4.69, 9.17) is 22.8 Å². The number of benzene rings is 1. The second-order valence-electron chi connectivity index (χ2n) is 2.73. The van der Waals surface area contributed by atoms with Crippen LogP contribution in [-0.4, -0.2) is 6.61 Å². The molecule has 0 bridgehead atoms. The maximum Gasteiger partial charge on any atom is 0.142 e. The van der Waals surface area contributed by atoms with Gasteiger partial charge in [0.15, 0.2) is 0 Å². The number of hydrogen-bond acceptors (Lipinski definition) is 1. The number of terminal acetylenes is 1. The van der Waals surface area contributed by atoms with Crippen molar-refractivity contribution in [2.24, 2.45) is 0 Å². The number of ether oxygens (including phenoxy) is 1. The molecule has 0 N–H and O–H groups in total. The molecule has 0 spiro atoms. The summed E-state index contributed by atoms with van der Waals surface area (Å²) in [6.45, 7) is 0.520. The Morgan fingerprint density at radius 2 is 2.29 bits per heavy atom. The van der Waals surface area contributed by atoms with Gasteiger partial charge in [-0.1, -0.05) is 11.6 Å². The molecule has 3 heteroatoms. The molecule has 0 saturated carbocycles. The predicted molar refractivity (Wildman–Crippen MR) is 55.0 cm³/mol. The first-order valence-corrected chi connectivity index (χ1v) is 4.63. The quantitative estimate of drug-likeness (QED) is 0.550. The van der Waals surface area contributed by atoms with Crippen molar-refractivity contribution in [2.45, 2.75) is 12.8 Å². The molecule has 0 aliphatic rings. The maximum absolute atomic E-state index is 12.7. The van der Waals surface area contributed by atoms with E-state index in [1.54, 1.807) is 0 Å². The minimum absolute atomic E-state index is 0.0689. The fourth-order valence-electron chi connectivity index (χ4n) is 0.931. The van der Waals surface area contributed by atoms with Crippen molar-refractivity contribution < 1.29 is 9.13 Å². The molecule has 0 saturated heterocycles. The molecule has 0 unspecified atom stereocenters. The number of hydrogen-bond donors (Lipinski definition) is 0. The first kappa shape index (κ1) is 10.9. The van der Waals surface area contributed by atoms with Crippen LogP contribution in [0.2, 0.25) is 5.02 Å². The summed E-state index contributed by atoms with van der Waals surface area (Å²) in [4.78, 5) is 0. The maximum atomic E-state index is 12.7. The van der Waals surface area contributed by atoms with E-state index in [2.05, 4.69) is 5.92 Å². The van der Waals surface area contributed by atoms with E-state index in [1.165, 1.54) is 18.2 Å². The molecule has 74 valence electrons. The van der Waals surface area contributed by atoms with Gasteiger partial charge in [-0.25, -0.2) is 4.39 Å². The van der Waals surface area contributed by atoms with Crippen LogP contribution in [-0.2, 0) is 0 Å². The third kappa shape index (κ3) is 3.27. The van der Waals surface area contributed by atoms with Crippen LogP contribution in [0.4, 0.5) is 4.39 Å². The molecule has 0 aliphatic carbocycles. The van der Waals surface area contributed by atoms with E-state index in [0.717, 1.165) is 6.42 Å². The lowest BCUT2D eigenvalue weighted by atomic mass is 10.3. The highest BCUT2D eigenvalue weighted by molar-refractivity contribution is 6.30. The smallest absolute Gasteiger partial charge is 0.142 e. The average Bonchev–Trinajstić information content (AvgIpc) is 2.18. The van der Waals surface area contributed by atoms with Gasteiger partial charge in [0.05, 0.1) is 11.6 Å². The van der Waals surface area contributed by atoms with Gasteiger partial charge < -0.3 is 4.74 Å². The fourth-order valence-corrected chi connectivity index (χ4v) is 1.10. The predicted octanol–water partition coefficient (Wildman–Crippen LogP) is 3.27. The van der Waals surface area contributed by atoms with Crippen LogP contribution < -0.4 is 4.74 Å². The zero-order valence-electron chi connectivity index (χ0n) is 7.59. The Morgan fingerprint density at radius 1 is 1.50 bits per heavy atom. The van der Waals surface area contributed by atoms with Crippen molar-refractivity contribution in [1.82, 2.24) is 0 Å². The van der Waals surface area contributed by atoms with Gasteiger partial charge in [-0.2, -0.15) is 0 Å². The summed E-state index contributed by atoms with van der Waals surface area (Å²) in [6, 6.07) is 4.27. The fraction of sp³-hybridized carbons (Fsp3) is 0.273. The summed E-state index contributed by atoms with van der Waals surface area (Å²) in [5, 5.41) is 0.0689. The van der Waals surface area contributed by atoms with Gasteiger partial charge in [0.1, 0.15) is 11.6 Å². The van der Waals surface area contributed by atoms with Crippen LogP contribution >= 0.6 is 11.6 Å². The van der Waals surface area contributed by atoms with Crippen molar-refractivity contribution in [3.63, 3.8) is 0 Å². The Labute approximate surface area is 87.8 Å². The van der Waals surface area contributed by atoms with Crippen LogP contribution in [0.5, 0.6) is 5.75 Å². The number of unbranched alkanes of at least 4 members (excludes halogenated alkanes) is 1. The van der Waals surface area contributed by atoms with Gasteiger partial charge in [-0.3, -0.25) is 0 Å². The van der Waals surface area contributed by atoms with Gasteiger partial charge >= 0.3 is 0 Å². The van der Waals surface area contributed by atoms with Crippen LogP contribution in [0.25, 0.3) is 0 Å². The van der Waals surface area contributed by atoms with E-state index in [0.29, 0.717) is 18.8 Å². The molecular weight excluding hydrogens is 203 g/mol. The van der Waals surface area contributed by atoms with Crippen molar-refractivity contribution in [2.75, 3.05) is 6.61 Å². The van der Waals surface area contributed by atoms with Gasteiger partial charge in [0.2, 0.25) is 0 Å². The van der Waals surface area contributed by atoms with Crippen LogP contribution in [0.15, 0.2) is 18.2 Å². The van der Waals surface area contributed by atoms with Crippen LogP contribution in [0, 0.1) is 18.2 Å². The van der Waals surface area contributed by atoms with Crippen LogP contribution in [0.3, 0.4) is 0 Å². The van der Waals surface area contributed by atoms with Crippen molar-refractivity contribution in [3.8, 4) is 18.1 Å². The van der Waals surface area contributed by atoms with E-state index in [1.807, 2.05) is 0 Å². The highest BCUT2D eigenvalue weighted by Crippen LogP contribution is 2.21. The van der Waals surface area contributed by atoms with Crippen molar-refractivity contribution >= 4 is 11.6 Å². The van der Waals surface area contributed by atoms with E-state index in [9.17, 15) is 4.39 Å². The molecular formula is C11H10ClFO. The average molecular weight is 213 g/mol. The summed E-state index contributed by atoms with van der Waals surface area (Å²) in [5.74, 6) is 2.63. The summed E-state index contributed by atoms with van der Waals surface area (Å²) in [6.07, 6.45) is 6.53. The Kier molecular flexibility index (Phi) is 4.28. The Balaban J connectivity index is 2.44. The molecule has 0 fully saturated rings. The molecule has 0 atom stereocenters. The van der Waals surface area contributed by atoms with Crippen molar-refractivity contribution in [3.05, 3.63) is 29.0 Å². The summed E-state index contributed by atoms with van der Waals surface area (Å²) >= 11 is 5.57. The lowest BCUT2D eigenvalue weighted by Crippen LogP contribution is -1.96. The molecule has 0 aliphatic heterocycles. The standard InChI is InChI=1S/C11H10ClFO/c1-2-3-4-7-14-9-5-6-11(13)10(12)8-9/h1,5-6,8H,3-4,7H2. The Hall–Kier alpha value is -1.20. The zero-order valence-corrected chi connectivity index (χ0v) is 8.35. The summed E-state index contributed by atoms with van der Waals surface area (Å²) in [7, 11) is 0. The van der Waals surface area contributed by atoms with Gasteiger partial charge in [0, 0.05) is 12.5 Å². The van der Waals surface area contributed by atoms with E-state index < -0.39 is 5.82 Å². The Morgan fingerprint density at radius 3 is 2.93 bits per heavy atom. The molecule has 0 radical (unpaired) electrons. The highest BCUT2D eigenvalue weighted by atomic mass is 35.5. The van der Waals surface area contributed by atoms with Gasteiger partial charge in [-0.05, 0) is 18.6 Å². The number of halogens is 2. The summed E-state index contributed by atoms with van der Waals surface area (Å²) in [5.41, 5.74) is 0. The van der Waals surface area contributed by atoms with Crippen molar-refractivity contribution in [1.29, 1.82) is 0 Å². The molecule has 1 rings (SSSR count). The lowest BCUT2D eigenvalue weighted by Gasteiger charge is -2.05. The highest BCUT2D eigenvalue weighted by Gasteiger charge is 2.00. The van der Waals surface area contributed by atoms with E-state index in [-0.39, 0.29) is 5.02 Å². The topological polar surface area (TPSA) is 9.23 Å².